The summed E-state index contributed by atoms with van der Waals surface area (Å²) in [6, 6.07) is 2.94. The van der Waals surface area contributed by atoms with Gasteiger partial charge in [-0.15, -0.1) is 10.2 Å². The monoisotopic (exact) mass is 335 g/mol. The van der Waals surface area contributed by atoms with Gasteiger partial charge in [0.1, 0.15) is 6.33 Å². The second-order valence-electron chi connectivity index (χ2n) is 4.42. The van der Waals surface area contributed by atoms with Crippen molar-refractivity contribution in [3.8, 4) is 11.5 Å². The lowest BCUT2D eigenvalue weighted by Crippen LogP contribution is -2.10. The predicted octanol–water partition coefficient (Wildman–Crippen LogP) is 1.14. The second-order valence-corrected chi connectivity index (χ2v) is 4.42. The first-order valence-corrected chi connectivity index (χ1v) is 7.09. The van der Waals surface area contributed by atoms with Gasteiger partial charge in [-0.25, -0.2) is 10.1 Å². The number of nitrogens with two attached hydrogens (primary N) is 1. The number of hydrazone groups is 1. The topological polar surface area (TPSA) is 143 Å². The molecule has 11 nitrogen and oxygen atoms in total. The van der Waals surface area contributed by atoms with Crippen molar-refractivity contribution >= 4 is 17.9 Å². The maximum atomic E-state index is 11.3. The van der Waals surface area contributed by atoms with Gasteiger partial charge in [0.05, 0.1) is 24.4 Å². The van der Waals surface area contributed by atoms with E-state index in [1.165, 1.54) is 18.6 Å². The van der Waals surface area contributed by atoms with Gasteiger partial charge >= 0.3 is 5.69 Å². The summed E-state index contributed by atoms with van der Waals surface area (Å²) in [6.45, 7) is 4.13. The van der Waals surface area contributed by atoms with E-state index in [0.29, 0.717) is 12.2 Å². The Hall–Kier alpha value is -3.37. The first kappa shape index (κ1) is 17.0. The SMILES string of the molecule is CCOc1cc(/C=N/Nc2nncn2N)cc([N+](=O)[O-])c1OCC. The minimum atomic E-state index is -0.533. The molecule has 0 spiro atoms. The third-order valence-corrected chi connectivity index (χ3v) is 2.79. The van der Waals surface area contributed by atoms with Crippen molar-refractivity contribution in [2.45, 2.75) is 13.8 Å². The summed E-state index contributed by atoms with van der Waals surface area (Å²) in [7, 11) is 0. The molecule has 128 valence electrons. The molecule has 0 fully saturated rings. The van der Waals surface area contributed by atoms with Gasteiger partial charge in [0.15, 0.2) is 5.75 Å². The zero-order valence-corrected chi connectivity index (χ0v) is 13.2. The average Bonchev–Trinajstić information content (AvgIpc) is 2.95. The Balaban J connectivity index is 2.32. The number of nitro groups is 1. The fourth-order valence-corrected chi connectivity index (χ4v) is 1.86. The van der Waals surface area contributed by atoms with E-state index in [-0.39, 0.29) is 29.7 Å². The number of nitro benzene ring substituents is 1. The summed E-state index contributed by atoms with van der Waals surface area (Å²) in [5.74, 6) is 6.12. The lowest BCUT2D eigenvalue weighted by Gasteiger charge is -2.11. The van der Waals surface area contributed by atoms with Crippen LogP contribution in [-0.4, -0.2) is 39.2 Å². The zero-order valence-electron chi connectivity index (χ0n) is 13.2. The molecule has 1 heterocycles. The van der Waals surface area contributed by atoms with Gasteiger partial charge < -0.3 is 15.3 Å². The van der Waals surface area contributed by atoms with E-state index in [9.17, 15) is 10.1 Å². The summed E-state index contributed by atoms with van der Waals surface area (Å²) < 4.78 is 11.9. The lowest BCUT2D eigenvalue weighted by atomic mass is 10.2. The van der Waals surface area contributed by atoms with E-state index in [1.54, 1.807) is 19.9 Å². The summed E-state index contributed by atoms with van der Waals surface area (Å²) in [5, 5.41) is 22.5. The number of nitrogen functional groups attached to an aromatic ring is 1. The summed E-state index contributed by atoms with van der Waals surface area (Å²) in [6.07, 6.45) is 2.67. The third-order valence-electron chi connectivity index (χ3n) is 2.79. The van der Waals surface area contributed by atoms with Gasteiger partial charge in [0.25, 0.3) is 5.95 Å². The maximum absolute atomic E-state index is 11.3. The molecule has 0 aliphatic rings. The largest absolute Gasteiger partial charge is 0.490 e. The van der Waals surface area contributed by atoms with Crippen molar-refractivity contribution in [3.05, 3.63) is 34.1 Å². The summed E-state index contributed by atoms with van der Waals surface area (Å²) >= 11 is 0. The van der Waals surface area contributed by atoms with Crippen LogP contribution in [0.3, 0.4) is 0 Å². The van der Waals surface area contributed by atoms with Crippen molar-refractivity contribution in [1.29, 1.82) is 0 Å². The van der Waals surface area contributed by atoms with E-state index in [0.717, 1.165) is 4.68 Å². The molecule has 0 atom stereocenters. The van der Waals surface area contributed by atoms with Crippen LogP contribution in [0.2, 0.25) is 0 Å². The third kappa shape index (κ3) is 3.88. The van der Waals surface area contributed by atoms with Crippen LogP contribution in [0.4, 0.5) is 11.6 Å². The van der Waals surface area contributed by atoms with Crippen LogP contribution in [0.1, 0.15) is 19.4 Å². The Morgan fingerprint density at radius 1 is 1.42 bits per heavy atom. The molecule has 0 amide bonds. The number of nitrogens with one attached hydrogen (secondary N) is 1. The minimum absolute atomic E-state index is 0.0937. The molecule has 0 saturated heterocycles. The van der Waals surface area contributed by atoms with E-state index in [1.807, 2.05) is 0 Å². The molecule has 0 radical (unpaired) electrons. The van der Waals surface area contributed by atoms with Crippen LogP contribution < -0.4 is 20.7 Å². The molecule has 3 N–H and O–H groups in total. The zero-order chi connectivity index (χ0) is 17.5. The molecule has 24 heavy (non-hydrogen) atoms. The Kier molecular flexibility index (Phi) is 5.49. The fraction of sp³-hybridized carbons (Fsp3) is 0.308. The smallest absolute Gasteiger partial charge is 0.315 e. The summed E-state index contributed by atoms with van der Waals surface area (Å²) in [4.78, 5) is 10.7. The standard InChI is InChI=1S/C13H17N7O4/c1-3-23-11-6-9(5-10(20(21)22)12(11)24-4-2)7-15-17-13-18-16-8-19(13)14/h5-8H,3-4,14H2,1-2H3,(H,17,18)/b15-7+. The van der Waals surface area contributed by atoms with Crippen molar-refractivity contribution in [2.24, 2.45) is 5.10 Å². The fourth-order valence-electron chi connectivity index (χ4n) is 1.86. The molecular weight excluding hydrogens is 318 g/mol. The highest BCUT2D eigenvalue weighted by Gasteiger charge is 2.22. The van der Waals surface area contributed by atoms with Crippen LogP contribution >= 0.6 is 0 Å². The first-order valence-electron chi connectivity index (χ1n) is 7.09. The van der Waals surface area contributed by atoms with E-state index < -0.39 is 4.92 Å². The van der Waals surface area contributed by atoms with Crippen molar-refractivity contribution < 1.29 is 14.4 Å². The number of nitrogens with zero attached hydrogens (tertiary/aromatic N) is 5. The molecule has 11 heteroatoms. The molecule has 0 aliphatic heterocycles. The normalized spacial score (nSPS) is 10.8. The summed E-state index contributed by atoms with van der Waals surface area (Å²) in [5.41, 5.74) is 2.82. The Morgan fingerprint density at radius 2 is 2.17 bits per heavy atom. The highest BCUT2D eigenvalue weighted by atomic mass is 16.6. The molecule has 1 aromatic carbocycles. The number of aromatic nitrogens is 3. The lowest BCUT2D eigenvalue weighted by molar-refractivity contribution is -0.385. The Morgan fingerprint density at radius 3 is 2.75 bits per heavy atom. The highest BCUT2D eigenvalue weighted by Crippen LogP contribution is 2.38. The first-order chi connectivity index (χ1) is 11.6. The number of hydrogen-bond donors (Lipinski definition) is 2. The van der Waals surface area contributed by atoms with Crippen LogP contribution in [0, 0.1) is 10.1 Å². The molecule has 0 saturated carbocycles. The molecular formula is C13H17N7O4. The predicted molar refractivity (Wildman–Crippen MR) is 86.8 cm³/mol. The maximum Gasteiger partial charge on any atom is 0.315 e. The molecule has 2 aromatic rings. The minimum Gasteiger partial charge on any atom is -0.490 e. The highest BCUT2D eigenvalue weighted by molar-refractivity contribution is 5.83. The number of benzene rings is 1. The van der Waals surface area contributed by atoms with Gasteiger partial charge in [-0.05, 0) is 19.9 Å². The molecule has 0 bridgehead atoms. The van der Waals surface area contributed by atoms with E-state index in [2.05, 4.69) is 20.7 Å². The van der Waals surface area contributed by atoms with Crippen molar-refractivity contribution in [3.63, 3.8) is 0 Å². The van der Waals surface area contributed by atoms with Crippen LogP contribution in [0.25, 0.3) is 0 Å². The van der Waals surface area contributed by atoms with E-state index >= 15 is 0 Å². The number of ether oxygens (including phenoxy) is 2. The van der Waals surface area contributed by atoms with E-state index in [4.69, 9.17) is 15.3 Å². The van der Waals surface area contributed by atoms with Gasteiger partial charge in [0, 0.05) is 11.6 Å². The van der Waals surface area contributed by atoms with Crippen LogP contribution in [0.15, 0.2) is 23.6 Å². The number of anilines is 1. The quantitative estimate of drug-likeness (QED) is 0.316. The Bertz CT molecular complexity index is 744. The second kappa shape index (κ2) is 7.76. The van der Waals surface area contributed by atoms with Crippen molar-refractivity contribution in [1.82, 2.24) is 14.9 Å². The average molecular weight is 335 g/mol. The van der Waals surface area contributed by atoms with Crippen molar-refractivity contribution in [2.75, 3.05) is 24.5 Å². The molecule has 0 aliphatic carbocycles. The number of hydrogen-bond acceptors (Lipinski definition) is 9. The molecule has 1 aromatic heterocycles. The van der Waals surface area contributed by atoms with Gasteiger partial charge in [0.2, 0.25) is 5.75 Å². The molecule has 0 unspecified atom stereocenters. The molecule has 2 rings (SSSR count). The van der Waals surface area contributed by atoms with Crippen LogP contribution in [-0.2, 0) is 0 Å². The van der Waals surface area contributed by atoms with Crippen LogP contribution in [0.5, 0.6) is 11.5 Å². The Labute approximate surface area is 137 Å². The number of rotatable bonds is 8. The van der Waals surface area contributed by atoms with Gasteiger partial charge in [-0.1, -0.05) is 0 Å². The van der Waals surface area contributed by atoms with Gasteiger partial charge in [-0.3, -0.25) is 10.1 Å². The van der Waals surface area contributed by atoms with Gasteiger partial charge in [-0.2, -0.15) is 5.10 Å².